The molecule has 0 atom stereocenters. The zero-order chi connectivity index (χ0) is 65.6. The number of carbonyl (C=O) groups is 1. The molecule has 0 amide bonds. The second-order valence-corrected chi connectivity index (χ2v) is 32.8. The molecule has 0 bridgehead atoms. The normalized spacial score (nSPS) is 12.4. The van der Waals surface area contributed by atoms with Crippen molar-refractivity contribution in [3.05, 3.63) is 153 Å². The molecular weight excluding hydrogens is 1120 g/mol. The fourth-order valence-electron chi connectivity index (χ4n) is 9.62. The highest BCUT2D eigenvalue weighted by molar-refractivity contribution is 7.80. The van der Waals surface area contributed by atoms with Crippen LogP contribution < -0.4 is 56.5 Å². The average Bonchev–Trinajstić information content (AvgIpc) is 0.815. The molecule has 0 spiro atoms. The molecule has 0 radical (unpaired) electrons. The maximum Gasteiger partial charge on any atom is 0.188 e. The fourth-order valence-corrected chi connectivity index (χ4v) is 15.3. The van der Waals surface area contributed by atoms with Gasteiger partial charge >= 0.3 is 0 Å². The van der Waals surface area contributed by atoms with Gasteiger partial charge in [-0.25, -0.2) is 0 Å². The quantitative estimate of drug-likeness (QED) is 0.0341. The van der Waals surface area contributed by atoms with E-state index in [2.05, 4.69) is 204 Å². The molecular formula is C74H106N2O9P2. The Morgan fingerprint density at radius 2 is 0.632 bits per heavy atom. The third-order valence-electron chi connectivity index (χ3n) is 13.4. The number of nitrogens with zero attached hydrogens (tertiary/aromatic N) is 1. The number of carbonyl (C=O) groups excluding carboxylic acids is 1. The summed E-state index contributed by atoms with van der Waals surface area (Å²) in [6.45, 7) is 47.8. The predicted molar refractivity (Wildman–Crippen MR) is 371 cm³/mol. The number of rotatable bonds is 20. The van der Waals surface area contributed by atoms with E-state index in [0.29, 0.717) is 5.56 Å². The second kappa shape index (κ2) is 31.3. The van der Waals surface area contributed by atoms with Crippen LogP contribution in [0.25, 0.3) is 0 Å². The highest BCUT2D eigenvalue weighted by Gasteiger charge is 2.36. The summed E-state index contributed by atoms with van der Waals surface area (Å²) in [5, 5.41) is 6.43. The summed E-state index contributed by atoms with van der Waals surface area (Å²) >= 11 is 0. The lowest BCUT2D eigenvalue weighted by molar-refractivity contribution is 0.0502. The molecule has 0 saturated heterocycles. The number of ether oxygens (including phenoxy) is 8. The number of nitrogens with two attached hydrogens (primary N) is 1. The minimum atomic E-state index is -1.30. The Bertz CT molecular complexity index is 3100. The Morgan fingerprint density at radius 3 is 0.862 bits per heavy atom. The SMILES string of the molecule is CC(C)(C)N.COCOc1c(P(c2ccccc2C=NC(C)(C)C)c2cc(C)cc(C(C)(C)C)c2OCOC)cc(C)cc1C(C)(C)C.COCOc1c(P(c2ccccc2C=O)c2cc(C)cc(C(C)(C)C)c2OCOC)cc(C)cc1C(C)(C)C. The first kappa shape index (κ1) is 74.0. The topological polar surface area (TPSA) is 129 Å². The Balaban J connectivity index is 0.000000347. The lowest BCUT2D eigenvalue weighted by Crippen LogP contribution is -2.30. The Morgan fingerprint density at radius 1 is 0.391 bits per heavy atom. The van der Waals surface area contributed by atoms with E-state index in [4.69, 9.17) is 48.6 Å². The highest BCUT2D eigenvalue weighted by Crippen LogP contribution is 2.49. The van der Waals surface area contributed by atoms with Crippen LogP contribution in [0.4, 0.5) is 0 Å². The van der Waals surface area contributed by atoms with Crippen molar-refractivity contribution in [1.82, 2.24) is 0 Å². The van der Waals surface area contributed by atoms with Gasteiger partial charge in [0.05, 0.1) is 5.54 Å². The van der Waals surface area contributed by atoms with Crippen LogP contribution in [-0.4, -0.2) is 79.2 Å². The van der Waals surface area contributed by atoms with Gasteiger partial charge in [-0.3, -0.25) is 9.79 Å². The molecule has 6 aromatic rings. The lowest BCUT2D eigenvalue weighted by Gasteiger charge is -2.32. The lowest BCUT2D eigenvalue weighted by atomic mass is 9.85. The summed E-state index contributed by atoms with van der Waals surface area (Å²) in [4.78, 5) is 17.3. The first-order valence-electron chi connectivity index (χ1n) is 30.0. The smallest absolute Gasteiger partial charge is 0.188 e. The van der Waals surface area contributed by atoms with E-state index in [1.165, 1.54) is 16.4 Å². The number of aliphatic imine (C=N–C) groups is 1. The number of hydrogen-bond acceptors (Lipinski definition) is 11. The predicted octanol–water partition coefficient (Wildman–Crippen LogP) is 15.0. The van der Waals surface area contributed by atoms with Crippen molar-refractivity contribution in [2.45, 2.75) is 185 Å². The van der Waals surface area contributed by atoms with Gasteiger partial charge in [0.25, 0.3) is 0 Å². The third-order valence-corrected chi connectivity index (χ3v) is 18.4. The molecule has 2 N–H and O–H groups in total. The second-order valence-electron chi connectivity index (χ2n) is 28.5. The summed E-state index contributed by atoms with van der Waals surface area (Å²) < 4.78 is 47.5. The molecule has 0 unspecified atom stereocenters. The van der Waals surface area contributed by atoms with Gasteiger partial charge in [-0.05, 0) is 164 Å². The molecule has 476 valence electrons. The first-order chi connectivity index (χ1) is 40.3. The van der Waals surface area contributed by atoms with Crippen LogP contribution in [0.15, 0.2) is 102 Å². The highest BCUT2D eigenvalue weighted by atomic mass is 31.1. The molecule has 0 saturated carbocycles. The van der Waals surface area contributed by atoms with Crippen molar-refractivity contribution in [2.75, 3.05) is 55.6 Å². The zero-order valence-electron chi connectivity index (χ0n) is 57.8. The van der Waals surface area contributed by atoms with Crippen LogP contribution in [-0.2, 0) is 40.6 Å². The molecule has 11 nitrogen and oxygen atoms in total. The fraction of sp³-hybridized carbons (Fsp3) is 0.486. The van der Waals surface area contributed by atoms with Crippen LogP contribution in [0.2, 0.25) is 0 Å². The van der Waals surface area contributed by atoms with Crippen molar-refractivity contribution in [1.29, 1.82) is 0 Å². The van der Waals surface area contributed by atoms with Gasteiger partial charge in [0.2, 0.25) is 0 Å². The summed E-state index contributed by atoms with van der Waals surface area (Å²) in [6, 6.07) is 34.2. The van der Waals surface area contributed by atoms with E-state index in [1.54, 1.807) is 28.4 Å². The van der Waals surface area contributed by atoms with Crippen molar-refractivity contribution in [3.8, 4) is 23.0 Å². The molecule has 0 aliphatic carbocycles. The Hall–Kier alpha value is -5.48. The molecule has 0 aliphatic heterocycles. The minimum Gasteiger partial charge on any atom is -0.467 e. The molecule has 0 heterocycles. The van der Waals surface area contributed by atoms with Crippen molar-refractivity contribution < 1.29 is 42.7 Å². The van der Waals surface area contributed by atoms with Gasteiger partial charge in [0.1, 0.15) is 23.0 Å². The van der Waals surface area contributed by atoms with Crippen molar-refractivity contribution in [3.63, 3.8) is 0 Å². The van der Waals surface area contributed by atoms with E-state index in [9.17, 15) is 4.79 Å². The minimum absolute atomic E-state index is 0. The number of aldehydes is 1. The zero-order valence-corrected chi connectivity index (χ0v) is 59.6. The van der Waals surface area contributed by atoms with Crippen molar-refractivity contribution in [2.24, 2.45) is 10.7 Å². The van der Waals surface area contributed by atoms with E-state index in [0.717, 1.165) is 94.8 Å². The maximum atomic E-state index is 12.4. The molecule has 6 rings (SSSR count). The van der Waals surface area contributed by atoms with Crippen LogP contribution >= 0.6 is 15.8 Å². The van der Waals surface area contributed by atoms with E-state index in [-0.39, 0.29) is 59.9 Å². The summed E-state index contributed by atoms with van der Waals surface area (Å²) in [7, 11) is 4.09. The van der Waals surface area contributed by atoms with Crippen LogP contribution in [0.1, 0.15) is 185 Å². The average molecular weight is 1230 g/mol. The van der Waals surface area contributed by atoms with Gasteiger partial charge in [0.15, 0.2) is 33.5 Å². The maximum absolute atomic E-state index is 12.4. The number of aryl methyl sites for hydroxylation is 4. The van der Waals surface area contributed by atoms with Gasteiger partial charge in [-0.1, -0.05) is 156 Å². The van der Waals surface area contributed by atoms with E-state index in [1.807, 2.05) is 51.3 Å². The van der Waals surface area contributed by atoms with E-state index < -0.39 is 15.8 Å². The van der Waals surface area contributed by atoms with Gasteiger partial charge in [0, 0.05) is 94.8 Å². The van der Waals surface area contributed by atoms with Gasteiger partial charge < -0.3 is 43.6 Å². The molecule has 87 heavy (non-hydrogen) atoms. The number of hydrogen-bond donors (Lipinski definition) is 1. The largest absolute Gasteiger partial charge is 0.467 e. The number of methoxy groups -OCH3 is 4. The van der Waals surface area contributed by atoms with Crippen LogP contribution in [0.5, 0.6) is 23.0 Å². The Labute approximate surface area is 527 Å². The van der Waals surface area contributed by atoms with Gasteiger partial charge in [-0.2, -0.15) is 0 Å². The van der Waals surface area contributed by atoms with Gasteiger partial charge in [-0.15, -0.1) is 0 Å². The van der Waals surface area contributed by atoms with Crippen molar-refractivity contribution >= 4 is 60.2 Å². The monoisotopic (exact) mass is 1230 g/mol. The number of benzene rings is 6. The van der Waals surface area contributed by atoms with Crippen LogP contribution in [0.3, 0.4) is 0 Å². The first-order valence-corrected chi connectivity index (χ1v) is 32.6. The molecule has 13 heteroatoms. The standard InChI is InChI=1S/C37H52NO4P.C33H43O5P.C4H11N/c1-25-18-28(35(3,4)5)33(41-23-39-12)31(20-25)43(30-17-15-14-16-27(30)22-38-37(9,10)11)32-21-26(2)19-29(36(6,7)8)34(32)42-24-40-13;1-22-15-25(32(3,4)5)30(37-20-35-9)28(17-22)39(27-14-12-11-13-24(27)19-34)29-18-23(2)16-26(33(6,7)8)31(29)38-21-36-10;1-4(2,3)5/h14-22H,23-24H2,1-13H3;11-19H,20-21H2,1-10H3;5H2,1-3H3. The molecule has 0 aliphatic rings. The summed E-state index contributed by atoms with van der Waals surface area (Å²) in [6.07, 6.45) is 2.97. The Kier molecular flexibility index (Phi) is 26.6. The summed E-state index contributed by atoms with van der Waals surface area (Å²) in [5.74, 6) is 3.31. The third kappa shape index (κ3) is 21.3. The molecule has 0 aromatic heterocycles. The van der Waals surface area contributed by atoms with Crippen LogP contribution in [0, 0.1) is 27.7 Å². The summed E-state index contributed by atoms with van der Waals surface area (Å²) in [5.41, 5.74) is 15.3. The van der Waals surface area contributed by atoms with E-state index >= 15 is 0 Å². The molecule has 0 fully saturated rings. The molecule has 6 aromatic carbocycles.